The molecule has 0 atom stereocenters. The number of hydrazone groups is 1. The number of carbonyl (C=O) groups excluding carboxylic acids is 1. The van der Waals surface area contributed by atoms with Crippen molar-refractivity contribution in [3.05, 3.63) is 69.0 Å². The number of phenols is 1. The number of hydrogen-bond donors (Lipinski definition) is 3. The fourth-order valence-corrected chi connectivity index (χ4v) is 3.62. The molecule has 1 heterocycles. The van der Waals surface area contributed by atoms with Gasteiger partial charge in [0.05, 0.1) is 26.2 Å². The molecule has 2 aromatic carbocycles. The van der Waals surface area contributed by atoms with Crippen molar-refractivity contribution in [2.24, 2.45) is 5.10 Å². The maximum Gasteiger partial charge on any atom is 0.271 e. The van der Waals surface area contributed by atoms with Crippen LogP contribution in [0, 0.1) is 0 Å². The second-order valence-electron chi connectivity index (χ2n) is 5.64. The van der Waals surface area contributed by atoms with Crippen LogP contribution >= 0.6 is 34.5 Å². The molecule has 0 bridgehead atoms. The highest BCUT2D eigenvalue weighted by Gasteiger charge is 2.16. The molecule has 1 aromatic heterocycles. The lowest BCUT2D eigenvalue weighted by Gasteiger charge is -2.04. The van der Waals surface area contributed by atoms with E-state index in [0.29, 0.717) is 31.8 Å². The van der Waals surface area contributed by atoms with Gasteiger partial charge in [-0.2, -0.15) is 5.10 Å². The molecule has 0 unspecified atom stereocenters. The number of halogens is 2. The van der Waals surface area contributed by atoms with Crippen molar-refractivity contribution in [2.75, 3.05) is 0 Å². The first-order valence-corrected chi connectivity index (χ1v) is 9.40. The Morgan fingerprint density at radius 2 is 1.78 bits per heavy atom. The zero-order valence-corrected chi connectivity index (χ0v) is 16.4. The number of hydrogen-bond acceptors (Lipinski definition) is 5. The van der Waals surface area contributed by atoms with Crippen LogP contribution in [0.15, 0.2) is 52.9 Å². The topological polar surface area (TPSA) is 81.9 Å². The van der Waals surface area contributed by atoms with Gasteiger partial charge in [0.2, 0.25) is 0 Å². The van der Waals surface area contributed by atoms with E-state index in [1.54, 1.807) is 30.5 Å². The Balaban J connectivity index is 1.80. The lowest BCUT2D eigenvalue weighted by Crippen LogP contribution is -2.19. The summed E-state index contributed by atoms with van der Waals surface area (Å²) < 4.78 is 0. The smallest absolute Gasteiger partial charge is 0.271 e. The number of amides is 1. The van der Waals surface area contributed by atoms with E-state index >= 15 is 0 Å². The van der Waals surface area contributed by atoms with Crippen LogP contribution in [0.1, 0.15) is 22.8 Å². The summed E-state index contributed by atoms with van der Waals surface area (Å²) in [5, 5.41) is 26.4. The van der Waals surface area contributed by atoms with E-state index in [0.717, 1.165) is 5.56 Å². The van der Waals surface area contributed by atoms with Crippen molar-refractivity contribution >= 4 is 46.2 Å². The molecule has 0 saturated carbocycles. The van der Waals surface area contributed by atoms with Gasteiger partial charge >= 0.3 is 0 Å². The summed E-state index contributed by atoms with van der Waals surface area (Å²) in [5.41, 5.74) is 4.48. The van der Waals surface area contributed by atoms with Gasteiger partial charge in [0.1, 0.15) is 11.5 Å². The van der Waals surface area contributed by atoms with Crippen LogP contribution in [-0.2, 0) is 0 Å². The van der Waals surface area contributed by atoms with Crippen molar-refractivity contribution in [3.8, 4) is 21.9 Å². The molecule has 0 aliphatic rings. The summed E-state index contributed by atoms with van der Waals surface area (Å²) in [6.07, 6.45) is 0. The average Bonchev–Trinajstić information content (AvgIpc) is 3.04. The summed E-state index contributed by atoms with van der Waals surface area (Å²) in [6.45, 7) is 1.68. The summed E-state index contributed by atoms with van der Waals surface area (Å²) in [4.78, 5) is 12.7. The number of thiophene rings is 1. The van der Waals surface area contributed by atoms with E-state index in [2.05, 4.69) is 10.5 Å². The Hall–Kier alpha value is -2.54. The summed E-state index contributed by atoms with van der Waals surface area (Å²) in [6, 6.07) is 10.9. The molecule has 5 nitrogen and oxygen atoms in total. The molecule has 0 aliphatic heterocycles. The first-order valence-electron chi connectivity index (χ1n) is 7.76. The first-order chi connectivity index (χ1) is 12.9. The molecule has 0 aliphatic carbocycles. The van der Waals surface area contributed by atoms with E-state index in [1.165, 1.54) is 35.6 Å². The van der Waals surface area contributed by atoms with Gasteiger partial charge in [0.25, 0.3) is 5.91 Å². The minimum absolute atomic E-state index is 0.0542. The molecule has 3 N–H and O–H groups in total. The highest BCUT2D eigenvalue weighted by molar-refractivity contribution is 7.14. The van der Waals surface area contributed by atoms with Crippen molar-refractivity contribution in [2.45, 2.75) is 6.92 Å². The van der Waals surface area contributed by atoms with Crippen molar-refractivity contribution in [3.63, 3.8) is 0 Å². The molecule has 0 radical (unpaired) electrons. The predicted octanol–water partition coefficient (Wildman–Crippen LogP) is 5.29. The maximum absolute atomic E-state index is 12.1. The number of nitrogens with one attached hydrogen (secondary N) is 1. The fraction of sp³-hybridized carbons (Fsp3) is 0.0526. The van der Waals surface area contributed by atoms with Crippen molar-refractivity contribution in [1.82, 2.24) is 5.43 Å². The van der Waals surface area contributed by atoms with Crippen LogP contribution in [0.4, 0.5) is 0 Å². The van der Waals surface area contributed by atoms with Gasteiger partial charge in [0.15, 0.2) is 0 Å². The third kappa shape index (κ3) is 4.24. The van der Waals surface area contributed by atoms with Crippen LogP contribution in [0.25, 0.3) is 10.4 Å². The zero-order chi connectivity index (χ0) is 19.6. The van der Waals surface area contributed by atoms with Gasteiger partial charge < -0.3 is 10.2 Å². The van der Waals surface area contributed by atoms with Gasteiger partial charge in [-0.3, -0.25) is 4.79 Å². The number of carbonyl (C=O) groups is 1. The summed E-state index contributed by atoms with van der Waals surface area (Å²) >= 11 is 13.3. The molecule has 3 rings (SSSR count). The lowest BCUT2D eigenvalue weighted by atomic mass is 10.1. The summed E-state index contributed by atoms with van der Waals surface area (Å²) in [7, 11) is 0. The number of rotatable bonds is 4. The van der Waals surface area contributed by atoms with E-state index in [9.17, 15) is 15.0 Å². The molecular weight excluding hydrogens is 407 g/mol. The molecule has 0 fully saturated rings. The largest absolute Gasteiger partial charge is 0.508 e. The van der Waals surface area contributed by atoms with Crippen molar-refractivity contribution in [1.29, 1.82) is 0 Å². The normalized spacial score (nSPS) is 11.4. The van der Waals surface area contributed by atoms with Gasteiger partial charge in [0, 0.05) is 10.9 Å². The fourth-order valence-electron chi connectivity index (χ4n) is 2.32. The minimum Gasteiger partial charge on any atom is -0.508 e. The van der Waals surface area contributed by atoms with E-state index < -0.39 is 5.91 Å². The van der Waals surface area contributed by atoms with Crippen molar-refractivity contribution < 1.29 is 15.0 Å². The Kier molecular flexibility index (Phi) is 5.70. The Labute approximate surface area is 169 Å². The van der Waals surface area contributed by atoms with Gasteiger partial charge in [-0.05, 0) is 48.9 Å². The molecule has 27 heavy (non-hydrogen) atoms. The Morgan fingerprint density at radius 3 is 2.44 bits per heavy atom. The second-order valence-corrected chi connectivity index (χ2v) is 7.34. The number of nitrogens with zero attached hydrogens (tertiary/aromatic N) is 1. The standard InChI is InChI=1S/C19H14Cl2N2O3S/c1-10(22-23-19(26)11-2-5-13(24)6-3-11)14-9-27-18(17(14)25)12-4-7-15(20)16(21)8-12/h2-9,24-25H,1H3,(H,23,26)/b22-10+. The minimum atomic E-state index is -0.422. The summed E-state index contributed by atoms with van der Waals surface area (Å²) in [5.74, 6) is -0.295. The van der Waals surface area contributed by atoms with Crippen LogP contribution in [0.3, 0.4) is 0 Å². The third-order valence-electron chi connectivity index (χ3n) is 3.79. The second kappa shape index (κ2) is 8.00. The molecule has 8 heteroatoms. The van der Waals surface area contributed by atoms with Crippen LogP contribution in [-0.4, -0.2) is 21.8 Å². The zero-order valence-electron chi connectivity index (χ0n) is 14.0. The molecule has 138 valence electrons. The number of phenolic OH excluding ortho intramolecular Hbond substituents is 1. The SMILES string of the molecule is C/C(=N\NC(=O)c1ccc(O)cc1)c1csc(-c2ccc(Cl)c(Cl)c2)c1O. The molecular formula is C19H14Cl2N2O3S. The quantitative estimate of drug-likeness (QED) is 0.396. The lowest BCUT2D eigenvalue weighted by molar-refractivity contribution is 0.0955. The molecule has 1 amide bonds. The predicted molar refractivity (Wildman–Crippen MR) is 109 cm³/mol. The molecule has 3 aromatic rings. The maximum atomic E-state index is 12.1. The van der Waals surface area contributed by atoms with E-state index in [4.69, 9.17) is 23.2 Å². The van der Waals surface area contributed by atoms with Crippen LogP contribution in [0.2, 0.25) is 10.0 Å². The number of benzene rings is 2. The van der Waals surface area contributed by atoms with E-state index in [1.807, 2.05) is 0 Å². The average molecular weight is 421 g/mol. The molecule has 0 spiro atoms. The Morgan fingerprint density at radius 1 is 1.07 bits per heavy atom. The highest BCUT2D eigenvalue weighted by Crippen LogP contribution is 2.40. The highest BCUT2D eigenvalue weighted by atomic mass is 35.5. The third-order valence-corrected chi connectivity index (χ3v) is 5.55. The monoisotopic (exact) mass is 420 g/mol. The Bertz CT molecular complexity index is 1030. The molecule has 0 saturated heterocycles. The van der Waals surface area contributed by atoms with Crippen LogP contribution < -0.4 is 5.43 Å². The van der Waals surface area contributed by atoms with Crippen LogP contribution in [0.5, 0.6) is 11.5 Å². The van der Waals surface area contributed by atoms with Gasteiger partial charge in [-0.25, -0.2) is 5.43 Å². The number of aromatic hydroxyl groups is 2. The first kappa shape index (κ1) is 19.2. The van der Waals surface area contributed by atoms with E-state index in [-0.39, 0.29) is 11.5 Å². The van der Waals surface area contributed by atoms with Gasteiger partial charge in [-0.15, -0.1) is 11.3 Å². The van der Waals surface area contributed by atoms with Gasteiger partial charge in [-0.1, -0.05) is 29.3 Å².